The summed E-state index contributed by atoms with van der Waals surface area (Å²) in [5.74, 6) is 0.898. The van der Waals surface area contributed by atoms with Crippen LogP contribution in [-0.4, -0.2) is 53.6 Å². The number of amides is 1. The Morgan fingerprint density at radius 1 is 1.30 bits per heavy atom. The Bertz CT molecular complexity index is 324. The Morgan fingerprint density at radius 2 is 1.95 bits per heavy atom. The molecule has 0 aromatic heterocycles. The number of rotatable bonds is 5. The lowest BCUT2D eigenvalue weighted by Crippen LogP contribution is -2.49. The Morgan fingerprint density at radius 3 is 2.50 bits per heavy atom. The fraction of sp³-hybridized carbons (Fsp3) is 0.938. The number of nitrogens with zero attached hydrogens (tertiary/aromatic N) is 2. The topological polar surface area (TPSA) is 35.6 Å². The first-order valence-electron chi connectivity index (χ1n) is 8.33. The number of hydrogen-bond acceptors (Lipinski definition) is 3. The second-order valence-corrected chi connectivity index (χ2v) is 6.84. The molecule has 4 nitrogen and oxygen atoms in total. The van der Waals surface area contributed by atoms with Crippen LogP contribution in [0.3, 0.4) is 0 Å². The molecular formula is C16H31N3O. The quantitative estimate of drug-likeness (QED) is 0.838. The van der Waals surface area contributed by atoms with E-state index in [1.165, 1.54) is 13.0 Å². The Labute approximate surface area is 123 Å². The second kappa shape index (κ2) is 6.90. The van der Waals surface area contributed by atoms with Gasteiger partial charge in [0.15, 0.2) is 0 Å². The summed E-state index contributed by atoms with van der Waals surface area (Å²) < 4.78 is 0. The van der Waals surface area contributed by atoms with E-state index in [-0.39, 0.29) is 12.2 Å². The van der Waals surface area contributed by atoms with Crippen molar-refractivity contribution in [2.75, 3.05) is 19.6 Å². The van der Waals surface area contributed by atoms with E-state index in [1.807, 2.05) is 0 Å². The highest BCUT2D eigenvalue weighted by Gasteiger charge is 2.41. The van der Waals surface area contributed by atoms with Crippen LogP contribution in [0, 0.1) is 5.92 Å². The molecule has 0 spiro atoms. The van der Waals surface area contributed by atoms with Gasteiger partial charge >= 0.3 is 0 Å². The third-order valence-corrected chi connectivity index (χ3v) is 4.61. The first-order valence-corrected chi connectivity index (χ1v) is 8.33. The van der Waals surface area contributed by atoms with E-state index in [1.54, 1.807) is 0 Å². The van der Waals surface area contributed by atoms with Crippen LogP contribution in [0.25, 0.3) is 0 Å². The van der Waals surface area contributed by atoms with Crippen molar-refractivity contribution < 1.29 is 4.79 Å². The van der Waals surface area contributed by atoms with Gasteiger partial charge in [-0.2, -0.15) is 0 Å². The fourth-order valence-electron chi connectivity index (χ4n) is 3.69. The average Bonchev–Trinajstić information content (AvgIpc) is 2.65. The predicted molar refractivity (Wildman–Crippen MR) is 82.4 cm³/mol. The van der Waals surface area contributed by atoms with E-state index >= 15 is 0 Å². The smallest absolute Gasteiger partial charge is 0.241 e. The molecule has 2 unspecified atom stereocenters. The molecule has 2 fully saturated rings. The van der Waals surface area contributed by atoms with E-state index in [0.717, 1.165) is 32.4 Å². The minimum absolute atomic E-state index is 0.0404. The van der Waals surface area contributed by atoms with Gasteiger partial charge in [0.05, 0.1) is 12.2 Å². The Hall–Kier alpha value is -0.610. The van der Waals surface area contributed by atoms with Gasteiger partial charge in [-0.05, 0) is 45.1 Å². The van der Waals surface area contributed by atoms with Gasteiger partial charge in [-0.3, -0.25) is 10.1 Å². The van der Waals surface area contributed by atoms with E-state index in [4.69, 9.17) is 0 Å². The van der Waals surface area contributed by atoms with Crippen molar-refractivity contribution in [1.82, 2.24) is 15.1 Å². The van der Waals surface area contributed by atoms with E-state index in [9.17, 15) is 4.79 Å². The van der Waals surface area contributed by atoms with Gasteiger partial charge in [-0.25, -0.2) is 0 Å². The van der Waals surface area contributed by atoms with Crippen molar-refractivity contribution >= 4 is 5.91 Å². The maximum absolute atomic E-state index is 12.6. The Balaban J connectivity index is 1.91. The van der Waals surface area contributed by atoms with Gasteiger partial charge in [0.25, 0.3) is 0 Å². The zero-order valence-electron chi connectivity index (χ0n) is 13.6. The highest BCUT2D eigenvalue weighted by Crippen LogP contribution is 2.25. The summed E-state index contributed by atoms with van der Waals surface area (Å²) in [6.07, 6.45) is 4.64. The van der Waals surface area contributed by atoms with Crippen molar-refractivity contribution in [3.63, 3.8) is 0 Å². The molecule has 0 aliphatic carbocycles. The molecule has 0 bridgehead atoms. The monoisotopic (exact) mass is 281 g/mol. The molecule has 0 aromatic carbocycles. The van der Waals surface area contributed by atoms with E-state index in [0.29, 0.717) is 17.9 Å². The standard InChI is InChI=1S/C16H31N3O/c1-5-8-18-9-6-14(7-10-18)19-13(4)17-15(16(19)20)11-12(2)3/h12-15,17H,5-11H2,1-4H3. The molecule has 1 N–H and O–H groups in total. The van der Waals surface area contributed by atoms with Crippen molar-refractivity contribution in [3.8, 4) is 0 Å². The number of nitrogens with one attached hydrogen (secondary N) is 1. The molecule has 4 heteroatoms. The molecule has 0 aromatic rings. The van der Waals surface area contributed by atoms with Crippen molar-refractivity contribution in [2.45, 2.75) is 71.6 Å². The SMILES string of the molecule is CCCN1CCC(N2C(=O)C(CC(C)C)NC2C)CC1. The first-order chi connectivity index (χ1) is 9.52. The normalized spacial score (nSPS) is 29.6. The lowest BCUT2D eigenvalue weighted by molar-refractivity contribution is -0.133. The van der Waals surface area contributed by atoms with Crippen LogP contribution in [0.15, 0.2) is 0 Å². The summed E-state index contributed by atoms with van der Waals surface area (Å²) in [6.45, 7) is 12.2. The van der Waals surface area contributed by atoms with Crippen LogP contribution < -0.4 is 5.32 Å². The average molecular weight is 281 g/mol. The zero-order chi connectivity index (χ0) is 14.7. The molecule has 0 saturated carbocycles. The highest BCUT2D eigenvalue weighted by atomic mass is 16.2. The zero-order valence-corrected chi connectivity index (χ0v) is 13.6. The molecule has 116 valence electrons. The van der Waals surface area contributed by atoms with Crippen LogP contribution in [0.5, 0.6) is 0 Å². The molecular weight excluding hydrogens is 250 g/mol. The molecule has 2 heterocycles. The summed E-state index contributed by atoms with van der Waals surface area (Å²) in [5, 5.41) is 3.48. The van der Waals surface area contributed by atoms with Gasteiger partial charge in [0, 0.05) is 19.1 Å². The minimum Gasteiger partial charge on any atom is -0.323 e. The fourth-order valence-corrected chi connectivity index (χ4v) is 3.69. The number of likely N-dealkylation sites (tertiary alicyclic amines) is 1. The first kappa shape index (κ1) is 15.8. The molecule has 20 heavy (non-hydrogen) atoms. The second-order valence-electron chi connectivity index (χ2n) is 6.84. The molecule has 2 atom stereocenters. The Kier molecular flexibility index (Phi) is 5.44. The third-order valence-electron chi connectivity index (χ3n) is 4.61. The summed E-state index contributed by atoms with van der Waals surface area (Å²) in [6, 6.07) is 0.480. The summed E-state index contributed by atoms with van der Waals surface area (Å²) in [4.78, 5) is 17.3. The number of carbonyl (C=O) groups is 1. The van der Waals surface area contributed by atoms with Crippen LogP contribution in [-0.2, 0) is 4.79 Å². The predicted octanol–water partition coefficient (Wildman–Crippen LogP) is 2.05. The summed E-state index contributed by atoms with van der Waals surface area (Å²) in [5.41, 5.74) is 0. The number of hydrogen-bond donors (Lipinski definition) is 1. The molecule has 0 radical (unpaired) electrons. The molecule has 2 aliphatic rings. The molecule has 2 rings (SSSR count). The molecule has 2 aliphatic heterocycles. The van der Waals surface area contributed by atoms with Gasteiger partial charge in [0.2, 0.25) is 5.91 Å². The van der Waals surface area contributed by atoms with E-state index in [2.05, 4.69) is 42.8 Å². The number of piperidine rings is 1. The maximum atomic E-state index is 12.6. The summed E-state index contributed by atoms with van der Waals surface area (Å²) >= 11 is 0. The molecule has 2 saturated heterocycles. The van der Waals surface area contributed by atoms with Crippen molar-refractivity contribution in [2.24, 2.45) is 5.92 Å². The van der Waals surface area contributed by atoms with Gasteiger partial charge in [-0.1, -0.05) is 20.8 Å². The van der Waals surface area contributed by atoms with Gasteiger partial charge < -0.3 is 9.80 Å². The largest absolute Gasteiger partial charge is 0.323 e. The highest BCUT2D eigenvalue weighted by molar-refractivity contribution is 5.84. The molecule has 1 amide bonds. The minimum atomic E-state index is 0.0404. The van der Waals surface area contributed by atoms with Crippen LogP contribution >= 0.6 is 0 Å². The van der Waals surface area contributed by atoms with Crippen molar-refractivity contribution in [1.29, 1.82) is 0 Å². The van der Waals surface area contributed by atoms with Crippen LogP contribution in [0.4, 0.5) is 0 Å². The maximum Gasteiger partial charge on any atom is 0.241 e. The van der Waals surface area contributed by atoms with E-state index < -0.39 is 0 Å². The van der Waals surface area contributed by atoms with Gasteiger partial charge in [-0.15, -0.1) is 0 Å². The third kappa shape index (κ3) is 3.53. The number of carbonyl (C=O) groups excluding carboxylic acids is 1. The van der Waals surface area contributed by atoms with Crippen LogP contribution in [0.1, 0.15) is 53.4 Å². The van der Waals surface area contributed by atoms with Crippen molar-refractivity contribution in [3.05, 3.63) is 0 Å². The van der Waals surface area contributed by atoms with Crippen LogP contribution in [0.2, 0.25) is 0 Å². The lowest BCUT2D eigenvalue weighted by atomic mass is 10.0. The van der Waals surface area contributed by atoms with Gasteiger partial charge in [0.1, 0.15) is 0 Å². The lowest BCUT2D eigenvalue weighted by Gasteiger charge is -2.38. The summed E-state index contributed by atoms with van der Waals surface area (Å²) in [7, 11) is 0.